The van der Waals surface area contributed by atoms with Crippen LogP contribution in [0.2, 0.25) is 0 Å². The molecule has 5 heteroatoms. The molecular formula is C14H12FNO2S. The molecule has 0 unspecified atom stereocenters. The van der Waals surface area contributed by atoms with Crippen molar-refractivity contribution < 1.29 is 14.3 Å². The number of hydrogen-bond acceptors (Lipinski definition) is 3. The van der Waals surface area contributed by atoms with Gasteiger partial charge < -0.3 is 5.11 Å². The van der Waals surface area contributed by atoms with Crippen LogP contribution >= 0.6 is 11.3 Å². The summed E-state index contributed by atoms with van der Waals surface area (Å²) in [6.45, 7) is 0. The Morgan fingerprint density at radius 3 is 2.63 bits per heavy atom. The molecule has 1 fully saturated rings. The van der Waals surface area contributed by atoms with Crippen molar-refractivity contribution in [1.82, 2.24) is 4.98 Å². The van der Waals surface area contributed by atoms with Crippen molar-refractivity contribution in [3.8, 4) is 0 Å². The summed E-state index contributed by atoms with van der Waals surface area (Å²) >= 11 is 1.23. The van der Waals surface area contributed by atoms with E-state index in [2.05, 4.69) is 4.98 Å². The lowest BCUT2D eigenvalue weighted by Crippen LogP contribution is -1.97. The number of carboxylic acids is 1. The minimum absolute atomic E-state index is 0.271. The molecule has 0 atom stereocenters. The molecule has 0 radical (unpaired) electrons. The molecule has 0 amide bonds. The molecule has 1 heterocycles. The number of aromatic carboxylic acids is 1. The first-order valence-electron chi connectivity index (χ1n) is 6.11. The van der Waals surface area contributed by atoms with E-state index in [-0.39, 0.29) is 5.82 Å². The lowest BCUT2D eigenvalue weighted by atomic mass is 10.1. The number of benzene rings is 1. The van der Waals surface area contributed by atoms with E-state index in [4.69, 9.17) is 0 Å². The summed E-state index contributed by atoms with van der Waals surface area (Å²) in [6.07, 6.45) is 2.61. The summed E-state index contributed by atoms with van der Waals surface area (Å²) in [6, 6.07) is 6.22. The summed E-state index contributed by atoms with van der Waals surface area (Å²) in [5, 5.41) is 9.96. The van der Waals surface area contributed by atoms with Gasteiger partial charge in [0.25, 0.3) is 0 Å². The summed E-state index contributed by atoms with van der Waals surface area (Å²) in [5.41, 5.74) is 1.67. The van der Waals surface area contributed by atoms with Crippen molar-refractivity contribution in [2.24, 2.45) is 0 Å². The first-order chi connectivity index (χ1) is 9.13. The van der Waals surface area contributed by atoms with Crippen LogP contribution < -0.4 is 0 Å². The highest BCUT2D eigenvalue weighted by Crippen LogP contribution is 2.42. The topological polar surface area (TPSA) is 50.2 Å². The molecule has 1 N–H and O–H groups in total. The summed E-state index contributed by atoms with van der Waals surface area (Å²) in [5.74, 6) is -0.846. The van der Waals surface area contributed by atoms with Crippen LogP contribution in [0.1, 0.15) is 44.7 Å². The number of carboxylic acid groups (broad SMARTS) is 1. The van der Waals surface area contributed by atoms with E-state index < -0.39 is 5.97 Å². The zero-order chi connectivity index (χ0) is 13.4. The second kappa shape index (κ2) is 4.74. The molecule has 0 aliphatic heterocycles. The molecule has 1 aliphatic rings. The van der Waals surface area contributed by atoms with Crippen molar-refractivity contribution in [2.45, 2.75) is 25.2 Å². The molecule has 98 valence electrons. The van der Waals surface area contributed by atoms with Gasteiger partial charge in [-0.25, -0.2) is 14.2 Å². The third-order valence-corrected chi connectivity index (χ3v) is 4.18. The average molecular weight is 277 g/mol. The molecule has 1 aliphatic carbocycles. The third kappa shape index (κ3) is 2.66. The highest BCUT2D eigenvalue weighted by Gasteiger charge is 2.31. The summed E-state index contributed by atoms with van der Waals surface area (Å²) in [7, 11) is 0. The fourth-order valence-electron chi connectivity index (χ4n) is 2.02. The SMILES string of the molecule is O=C(O)c1sc(Cc2ccc(F)cc2)nc1C1CC1. The zero-order valence-electron chi connectivity index (χ0n) is 10.1. The van der Waals surface area contributed by atoms with Gasteiger partial charge in [0.15, 0.2) is 0 Å². The van der Waals surface area contributed by atoms with Gasteiger partial charge in [-0.05, 0) is 30.5 Å². The molecule has 2 aromatic rings. The lowest BCUT2D eigenvalue weighted by Gasteiger charge is -1.97. The van der Waals surface area contributed by atoms with Gasteiger partial charge >= 0.3 is 5.97 Å². The van der Waals surface area contributed by atoms with Crippen LogP contribution in [0, 0.1) is 5.82 Å². The highest BCUT2D eigenvalue weighted by atomic mass is 32.1. The van der Waals surface area contributed by atoms with E-state index in [9.17, 15) is 14.3 Å². The van der Waals surface area contributed by atoms with Crippen molar-refractivity contribution in [3.63, 3.8) is 0 Å². The third-order valence-electron chi connectivity index (χ3n) is 3.12. The van der Waals surface area contributed by atoms with E-state index in [1.807, 2.05) is 0 Å². The fraction of sp³-hybridized carbons (Fsp3) is 0.286. The van der Waals surface area contributed by atoms with Crippen LogP contribution in [0.25, 0.3) is 0 Å². The van der Waals surface area contributed by atoms with Gasteiger partial charge in [-0.1, -0.05) is 12.1 Å². The Labute approximate surface area is 113 Å². The van der Waals surface area contributed by atoms with Crippen molar-refractivity contribution >= 4 is 17.3 Å². The number of hydrogen-bond donors (Lipinski definition) is 1. The Bertz CT molecular complexity index is 617. The smallest absolute Gasteiger partial charge is 0.347 e. The second-order valence-electron chi connectivity index (χ2n) is 4.70. The summed E-state index contributed by atoms with van der Waals surface area (Å²) < 4.78 is 12.8. The molecule has 0 spiro atoms. The maximum Gasteiger partial charge on any atom is 0.347 e. The van der Waals surface area contributed by atoms with Crippen LogP contribution in [0.15, 0.2) is 24.3 Å². The fourth-order valence-corrected chi connectivity index (χ4v) is 3.04. The van der Waals surface area contributed by atoms with Crippen LogP contribution in [0.5, 0.6) is 0 Å². The number of rotatable bonds is 4. The zero-order valence-corrected chi connectivity index (χ0v) is 10.9. The van der Waals surface area contributed by atoms with Crippen molar-refractivity contribution in [1.29, 1.82) is 0 Å². The van der Waals surface area contributed by atoms with E-state index in [0.717, 1.165) is 29.1 Å². The lowest BCUT2D eigenvalue weighted by molar-refractivity contribution is 0.0700. The molecule has 3 nitrogen and oxygen atoms in total. The minimum atomic E-state index is -0.898. The van der Waals surface area contributed by atoms with Crippen molar-refractivity contribution in [3.05, 3.63) is 51.2 Å². The Kier molecular flexibility index (Phi) is 3.06. The van der Waals surface area contributed by atoms with Crippen LogP contribution in [-0.4, -0.2) is 16.1 Å². The predicted octanol–water partition coefficient (Wildman–Crippen LogP) is 3.45. The molecule has 19 heavy (non-hydrogen) atoms. The number of halogens is 1. The molecule has 1 aromatic heterocycles. The molecular weight excluding hydrogens is 265 g/mol. The van der Waals surface area contributed by atoms with E-state index in [1.54, 1.807) is 12.1 Å². The minimum Gasteiger partial charge on any atom is -0.477 e. The van der Waals surface area contributed by atoms with Gasteiger partial charge in [0.2, 0.25) is 0 Å². The second-order valence-corrected chi connectivity index (χ2v) is 5.79. The number of carbonyl (C=O) groups is 1. The van der Waals surface area contributed by atoms with Gasteiger partial charge in [-0.15, -0.1) is 11.3 Å². The quantitative estimate of drug-likeness (QED) is 0.931. The number of aromatic nitrogens is 1. The van der Waals surface area contributed by atoms with E-state index in [1.165, 1.54) is 23.5 Å². The first kappa shape index (κ1) is 12.3. The van der Waals surface area contributed by atoms with Gasteiger partial charge in [0, 0.05) is 12.3 Å². The van der Waals surface area contributed by atoms with Crippen molar-refractivity contribution in [2.75, 3.05) is 0 Å². The van der Waals surface area contributed by atoms with Crippen LogP contribution in [0.4, 0.5) is 4.39 Å². The largest absolute Gasteiger partial charge is 0.477 e. The van der Waals surface area contributed by atoms with E-state index >= 15 is 0 Å². The Balaban J connectivity index is 1.86. The average Bonchev–Trinajstić information content (AvgIpc) is 3.13. The maximum atomic E-state index is 12.8. The maximum absolute atomic E-state index is 12.8. The van der Waals surface area contributed by atoms with Crippen LogP contribution in [0.3, 0.4) is 0 Å². The standard InChI is InChI=1S/C14H12FNO2S/c15-10-5-1-8(2-6-10)7-11-16-12(9-3-4-9)13(19-11)14(17)18/h1-2,5-6,9H,3-4,7H2,(H,17,18). The molecule has 0 bridgehead atoms. The predicted molar refractivity (Wildman–Crippen MR) is 70.3 cm³/mol. The van der Waals surface area contributed by atoms with Gasteiger partial charge in [0.1, 0.15) is 10.7 Å². The van der Waals surface area contributed by atoms with Crippen LogP contribution in [-0.2, 0) is 6.42 Å². The monoisotopic (exact) mass is 277 g/mol. The normalized spacial score (nSPS) is 14.6. The molecule has 0 saturated heterocycles. The Morgan fingerprint density at radius 2 is 2.05 bits per heavy atom. The first-order valence-corrected chi connectivity index (χ1v) is 6.92. The van der Waals surface area contributed by atoms with Gasteiger partial charge in [-0.3, -0.25) is 0 Å². The Morgan fingerprint density at radius 1 is 1.37 bits per heavy atom. The highest BCUT2D eigenvalue weighted by molar-refractivity contribution is 7.13. The van der Waals surface area contributed by atoms with E-state index in [0.29, 0.717) is 17.2 Å². The number of nitrogens with zero attached hydrogens (tertiary/aromatic N) is 1. The Hall–Kier alpha value is -1.75. The van der Waals surface area contributed by atoms with Gasteiger partial charge in [-0.2, -0.15) is 0 Å². The van der Waals surface area contributed by atoms with Gasteiger partial charge in [0.05, 0.1) is 10.7 Å². The molecule has 1 aromatic carbocycles. The molecule has 1 saturated carbocycles. The summed E-state index contributed by atoms with van der Waals surface area (Å²) in [4.78, 5) is 16.0. The molecule has 3 rings (SSSR count). The number of thiazole rings is 1.